The van der Waals surface area contributed by atoms with Crippen molar-refractivity contribution in [3.8, 4) is 0 Å². The smallest absolute Gasteiger partial charge is 0.330 e. The zero-order valence-electron chi connectivity index (χ0n) is 6.21. The largest absolute Gasteiger partial charge is 0.383 e. The number of anilines is 1. The molecule has 1 aromatic rings. The van der Waals surface area contributed by atoms with Gasteiger partial charge in [0.25, 0.3) is 0 Å². The Hall–Kier alpha value is -0.900. The van der Waals surface area contributed by atoms with E-state index >= 15 is 0 Å². The van der Waals surface area contributed by atoms with E-state index in [0.29, 0.717) is 5.56 Å². The molecule has 0 radical (unpaired) electrons. The molecule has 5 nitrogen and oxygen atoms in total. The average molecular weight is 188 g/mol. The number of nitrogens with zero attached hydrogens (tertiary/aromatic N) is 1. The van der Waals surface area contributed by atoms with Crippen LogP contribution in [0.25, 0.3) is 0 Å². The highest BCUT2D eigenvalue weighted by atomic mass is 31.2. The van der Waals surface area contributed by atoms with Crippen molar-refractivity contribution >= 4 is 13.4 Å². The van der Waals surface area contributed by atoms with E-state index in [1.54, 1.807) is 12.1 Å². The summed E-state index contributed by atoms with van der Waals surface area (Å²) >= 11 is 0. The molecule has 0 saturated heterocycles. The molecule has 0 unspecified atom stereocenters. The molecule has 0 aliphatic heterocycles. The summed E-state index contributed by atoms with van der Waals surface area (Å²) in [4.78, 5) is 20.9. The minimum atomic E-state index is -4.03. The summed E-state index contributed by atoms with van der Waals surface area (Å²) in [6.45, 7) is 0. The van der Waals surface area contributed by atoms with Gasteiger partial charge in [-0.3, -0.25) is 4.57 Å². The first kappa shape index (κ1) is 9.19. The zero-order chi connectivity index (χ0) is 9.19. The van der Waals surface area contributed by atoms with Crippen molar-refractivity contribution in [3.05, 3.63) is 23.9 Å². The normalized spacial score (nSPS) is 11.5. The van der Waals surface area contributed by atoms with Gasteiger partial charge in [-0.05, 0) is 6.07 Å². The first-order valence-corrected chi connectivity index (χ1v) is 5.03. The fourth-order valence-corrected chi connectivity index (χ4v) is 1.52. The van der Waals surface area contributed by atoms with Crippen molar-refractivity contribution < 1.29 is 14.4 Å². The number of nitrogen functional groups attached to an aromatic ring is 1. The van der Waals surface area contributed by atoms with Gasteiger partial charge in [-0.15, -0.1) is 0 Å². The molecule has 0 atom stereocenters. The number of rotatable bonds is 2. The lowest BCUT2D eigenvalue weighted by Gasteiger charge is -2.04. The molecule has 1 heterocycles. The maximum Gasteiger partial charge on any atom is 0.330 e. The van der Waals surface area contributed by atoms with Gasteiger partial charge in [-0.2, -0.15) is 0 Å². The Morgan fingerprint density at radius 2 is 2.25 bits per heavy atom. The molecule has 1 aromatic heterocycles. The fraction of sp³-hybridized carbons (Fsp3) is 0.167. The SMILES string of the molecule is Nc1ncccc1CP(=O)(O)O. The lowest BCUT2D eigenvalue weighted by Crippen LogP contribution is -1.97. The van der Waals surface area contributed by atoms with Crippen LogP contribution >= 0.6 is 7.60 Å². The van der Waals surface area contributed by atoms with Crippen LogP contribution in [0.2, 0.25) is 0 Å². The van der Waals surface area contributed by atoms with Gasteiger partial charge in [-0.25, -0.2) is 4.98 Å². The summed E-state index contributed by atoms with van der Waals surface area (Å²) in [5, 5.41) is 0. The van der Waals surface area contributed by atoms with Crippen molar-refractivity contribution in [2.75, 3.05) is 5.73 Å². The van der Waals surface area contributed by atoms with E-state index in [4.69, 9.17) is 15.5 Å². The van der Waals surface area contributed by atoms with Crippen molar-refractivity contribution in [1.29, 1.82) is 0 Å². The van der Waals surface area contributed by atoms with Gasteiger partial charge < -0.3 is 15.5 Å². The predicted octanol–water partition coefficient (Wildman–Crippen LogP) is 0.341. The van der Waals surface area contributed by atoms with E-state index in [-0.39, 0.29) is 12.0 Å². The molecule has 0 bridgehead atoms. The first-order chi connectivity index (χ1) is 5.49. The van der Waals surface area contributed by atoms with Crippen LogP contribution in [0.3, 0.4) is 0 Å². The molecule has 66 valence electrons. The van der Waals surface area contributed by atoms with Gasteiger partial charge in [0.1, 0.15) is 5.82 Å². The third-order valence-corrected chi connectivity index (χ3v) is 2.06. The van der Waals surface area contributed by atoms with Gasteiger partial charge >= 0.3 is 7.60 Å². The molecule has 0 spiro atoms. The Bertz CT molecular complexity index is 322. The lowest BCUT2D eigenvalue weighted by molar-refractivity contribution is 0.371. The second-order valence-corrected chi connectivity index (χ2v) is 4.02. The van der Waals surface area contributed by atoms with E-state index in [0.717, 1.165) is 0 Å². The molecular formula is C6H9N2O3P. The monoisotopic (exact) mass is 188 g/mol. The van der Waals surface area contributed by atoms with Gasteiger partial charge in [0.15, 0.2) is 0 Å². The molecule has 6 heteroatoms. The number of hydrogen-bond acceptors (Lipinski definition) is 3. The molecule has 12 heavy (non-hydrogen) atoms. The lowest BCUT2D eigenvalue weighted by atomic mass is 10.3. The summed E-state index contributed by atoms with van der Waals surface area (Å²) in [6, 6.07) is 3.13. The summed E-state index contributed by atoms with van der Waals surface area (Å²) < 4.78 is 10.6. The first-order valence-electron chi connectivity index (χ1n) is 3.23. The van der Waals surface area contributed by atoms with Crippen LogP contribution in [0.4, 0.5) is 5.82 Å². The van der Waals surface area contributed by atoms with Gasteiger partial charge in [0.2, 0.25) is 0 Å². The second-order valence-electron chi connectivity index (χ2n) is 2.37. The molecule has 0 aliphatic carbocycles. The van der Waals surface area contributed by atoms with Crippen LogP contribution in [0, 0.1) is 0 Å². The average Bonchev–Trinajstić information content (AvgIpc) is 1.91. The van der Waals surface area contributed by atoms with E-state index < -0.39 is 7.60 Å². The van der Waals surface area contributed by atoms with Gasteiger partial charge in [0.05, 0.1) is 6.16 Å². The maximum absolute atomic E-state index is 10.6. The Kier molecular flexibility index (Phi) is 2.47. The second kappa shape index (κ2) is 3.23. The van der Waals surface area contributed by atoms with Crippen LogP contribution < -0.4 is 5.73 Å². The zero-order valence-corrected chi connectivity index (χ0v) is 7.11. The standard InChI is InChI=1S/C6H9N2O3P/c7-6-5(2-1-3-8-6)4-12(9,10)11/h1-3H,4H2,(H2,7,8)(H2,9,10,11). The summed E-state index contributed by atoms with van der Waals surface area (Å²) in [5.41, 5.74) is 5.75. The fourth-order valence-electron chi connectivity index (χ4n) is 0.806. The van der Waals surface area contributed by atoms with Crippen LogP contribution in [-0.4, -0.2) is 14.8 Å². The van der Waals surface area contributed by atoms with Crippen LogP contribution in [0.1, 0.15) is 5.56 Å². The third kappa shape index (κ3) is 2.62. The Morgan fingerprint density at radius 1 is 1.58 bits per heavy atom. The number of aromatic nitrogens is 1. The van der Waals surface area contributed by atoms with Crippen LogP contribution in [-0.2, 0) is 10.7 Å². The van der Waals surface area contributed by atoms with E-state index in [2.05, 4.69) is 4.98 Å². The minimum Gasteiger partial charge on any atom is -0.383 e. The van der Waals surface area contributed by atoms with Crippen molar-refractivity contribution in [2.24, 2.45) is 0 Å². The van der Waals surface area contributed by atoms with Crippen molar-refractivity contribution in [2.45, 2.75) is 6.16 Å². The highest BCUT2D eigenvalue weighted by molar-refractivity contribution is 7.50. The number of pyridine rings is 1. The summed E-state index contributed by atoms with van der Waals surface area (Å²) in [7, 11) is -4.03. The number of nitrogens with two attached hydrogens (primary N) is 1. The minimum absolute atomic E-state index is 0.167. The van der Waals surface area contributed by atoms with E-state index in [9.17, 15) is 4.57 Å². The Morgan fingerprint density at radius 3 is 2.75 bits per heavy atom. The summed E-state index contributed by atoms with van der Waals surface area (Å²) in [6.07, 6.45) is 1.12. The topological polar surface area (TPSA) is 96.4 Å². The molecule has 0 aromatic carbocycles. The van der Waals surface area contributed by atoms with E-state index in [1.807, 2.05) is 0 Å². The number of hydrogen-bond donors (Lipinski definition) is 3. The Labute approximate surface area is 69.4 Å². The predicted molar refractivity (Wildman–Crippen MR) is 44.4 cm³/mol. The highest BCUT2D eigenvalue weighted by Crippen LogP contribution is 2.39. The molecule has 1 rings (SSSR count). The molecule has 0 amide bonds. The molecule has 0 saturated carbocycles. The maximum atomic E-state index is 10.6. The van der Waals surface area contributed by atoms with Crippen LogP contribution in [0.15, 0.2) is 18.3 Å². The van der Waals surface area contributed by atoms with Gasteiger partial charge in [-0.1, -0.05) is 6.07 Å². The van der Waals surface area contributed by atoms with E-state index in [1.165, 1.54) is 6.20 Å². The van der Waals surface area contributed by atoms with Gasteiger partial charge in [0, 0.05) is 11.8 Å². The quantitative estimate of drug-likeness (QED) is 0.581. The Balaban J connectivity index is 2.90. The molecular weight excluding hydrogens is 179 g/mol. The third-order valence-electron chi connectivity index (χ3n) is 1.30. The van der Waals surface area contributed by atoms with Crippen molar-refractivity contribution in [1.82, 2.24) is 4.98 Å². The molecule has 0 aliphatic rings. The summed E-state index contributed by atoms with van der Waals surface area (Å²) in [5.74, 6) is 0.167. The molecule has 4 N–H and O–H groups in total. The van der Waals surface area contributed by atoms with Crippen molar-refractivity contribution in [3.63, 3.8) is 0 Å². The molecule has 0 fully saturated rings. The highest BCUT2D eigenvalue weighted by Gasteiger charge is 2.15. The van der Waals surface area contributed by atoms with Crippen LogP contribution in [0.5, 0.6) is 0 Å².